The molecule has 0 saturated heterocycles. The largest absolute Gasteiger partial charge is 0.495 e. The van der Waals surface area contributed by atoms with Crippen molar-refractivity contribution in [3.8, 4) is 11.5 Å². The number of methoxy groups -OCH3 is 2. The van der Waals surface area contributed by atoms with Gasteiger partial charge in [-0.2, -0.15) is 4.98 Å². The third-order valence-electron chi connectivity index (χ3n) is 9.01. The monoisotopic (exact) mass is 732 g/mol. The first-order chi connectivity index (χ1) is 24.5. The second-order valence-electron chi connectivity index (χ2n) is 13.6. The molecule has 0 bridgehead atoms. The third kappa shape index (κ3) is 7.94. The van der Waals surface area contributed by atoms with E-state index in [1.807, 2.05) is 69.3 Å². The van der Waals surface area contributed by atoms with Gasteiger partial charge in [0.05, 0.1) is 45.1 Å². The Morgan fingerprint density at radius 3 is 2.24 bits per heavy atom. The number of carbonyl (C=O) groups is 2. The highest BCUT2D eigenvalue weighted by Gasteiger charge is 2.39. The Morgan fingerprint density at radius 1 is 0.961 bits per heavy atom. The number of amides is 3. The molecule has 1 saturated carbocycles. The van der Waals surface area contributed by atoms with E-state index in [1.165, 1.54) is 19.1 Å². The Morgan fingerprint density at radius 2 is 1.61 bits per heavy atom. The van der Waals surface area contributed by atoms with E-state index >= 15 is 0 Å². The number of anilines is 3. The van der Waals surface area contributed by atoms with Crippen molar-refractivity contribution >= 4 is 52.8 Å². The van der Waals surface area contributed by atoms with Crippen LogP contribution in [0.3, 0.4) is 0 Å². The van der Waals surface area contributed by atoms with Gasteiger partial charge in [0.25, 0.3) is 0 Å². The van der Waals surface area contributed by atoms with Crippen LogP contribution in [0.25, 0.3) is 0 Å². The molecule has 3 amide bonds. The molecule has 51 heavy (non-hydrogen) atoms. The maximum absolute atomic E-state index is 14.5. The Kier molecular flexibility index (Phi) is 10.8. The van der Waals surface area contributed by atoms with Gasteiger partial charge in [-0.1, -0.05) is 90.3 Å². The van der Waals surface area contributed by atoms with Gasteiger partial charge in [0.2, 0.25) is 5.95 Å². The van der Waals surface area contributed by atoms with Crippen LogP contribution in [0.5, 0.6) is 11.5 Å². The van der Waals surface area contributed by atoms with Crippen LogP contribution in [0, 0.1) is 0 Å². The Hall–Kier alpha value is -4.74. The van der Waals surface area contributed by atoms with Crippen molar-refractivity contribution in [3.63, 3.8) is 0 Å². The summed E-state index contributed by atoms with van der Waals surface area (Å²) >= 11 is 13.6. The van der Waals surface area contributed by atoms with E-state index in [9.17, 15) is 9.59 Å². The highest BCUT2D eigenvalue weighted by Crippen LogP contribution is 2.48. The van der Waals surface area contributed by atoms with Gasteiger partial charge >= 0.3 is 12.1 Å². The van der Waals surface area contributed by atoms with Crippen LogP contribution < -0.4 is 29.9 Å². The molecule has 1 fully saturated rings. The summed E-state index contributed by atoms with van der Waals surface area (Å²) in [6.07, 6.45) is 3.78. The molecule has 3 atom stereocenters. The summed E-state index contributed by atoms with van der Waals surface area (Å²) in [6, 6.07) is 20.5. The SMILES string of the molecule is COc1cc(OC)c(Cl)c(N2Cc3cnc(N[C@@H]4C(c5ccccc5)CCC[C@@H]4NC(=O)OC(C)(C)C)nc3N(Cc3ccccc3)C2=O)c1Cl. The van der Waals surface area contributed by atoms with Crippen LogP contribution in [0.1, 0.15) is 62.6 Å². The number of carbonyl (C=O) groups excluding carboxylic acids is 2. The number of rotatable bonds is 9. The smallest absolute Gasteiger partial charge is 0.407 e. The standard InChI is InChI=1S/C38H42Cl2N6O5/c1-38(2,3)51-36(47)42-27-18-12-17-26(24-15-10-7-11-16-24)32(27)43-35-41-20-25-22-45(33-30(39)28(49-4)19-29(50-5)31(33)40)37(48)46(34(25)44-35)21-23-13-8-6-9-14-23/h6-11,13-16,19-20,26-27,32H,12,17-18,21-22H2,1-5H3,(H,42,47)(H,41,43,44)/t26?,27-,32+/m0/s1. The van der Waals surface area contributed by atoms with Crippen molar-refractivity contribution < 1.29 is 23.8 Å². The number of hydrogen-bond acceptors (Lipinski definition) is 8. The second kappa shape index (κ2) is 15.2. The summed E-state index contributed by atoms with van der Waals surface area (Å²) in [6.45, 7) is 5.83. The first kappa shape index (κ1) is 36.1. The van der Waals surface area contributed by atoms with E-state index in [0.29, 0.717) is 28.8 Å². The van der Waals surface area contributed by atoms with Crippen LogP contribution in [0.4, 0.5) is 27.0 Å². The molecular weight excluding hydrogens is 691 g/mol. The molecule has 2 aliphatic rings. The van der Waals surface area contributed by atoms with Crippen LogP contribution in [0.15, 0.2) is 72.9 Å². The van der Waals surface area contributed by atoms with Gasteiger partial charge < -0.3 is 24.8 Å². The zero-order valence-electron chi connectivity index (χ0n) is 29.3. The summed E-state index contributed by atoms with van der Waals surface area (Å²) in [5.74, 6) is 1.45. The number of urea groups is 1. The van der Waals surface area contributed by atoms with E-state index in [-0.39, 0.29) is 52.9 Å². The number of alkyl carbamates (subject to hydrolysis) is 1. The Bertz CT molecular complexity index is 1850. The van der Waals surface area contributed by atoms with Gasteiger partial charge in [-0.05, 0) is 44.7 Å². The number of nitrogens with one attached hydrogen (secondary N) is 2. The van der Waals surface area contributed by atoms with E-state index < -0.39 is 11.7 Å². The molecule has 268 valence electrons. The normalized spacial score (nSPS) is 18.9. The molecule has 0 radical (unpaired) electrons. The van der Waals surface area contributed by atoms with Gasteiger partial charge in [0.15, 0.2) is 0 Å². The summed E-state index contributed by atoms with van der Waals surface area (Å²) in [5.41, 5.74) is 2.33. The fourth-order valence-corrected chi connectivity index (χ4v) is 7.43. The summed E-state index contributed by atoms with van der Waals surface area (Å²) in [7, 11) is 2.97. The lowest BCUT2D eigenvalue weighted by atomic mass is 9.77. The van der Waals surface area contributed by atoms with E-state index in [4.69, 9.17) is 47.4 Å². The number of benzene rings is 3. The fourth-order valence-electron chi connectivity index (χ4n) is 6.72. The van der Waals surface area contributed by atoms with Crippen LogP contribution in [-0.2, 0) is 17.8 Å². The molecule has 13 heteroatoms. The van der Waals surface area contributed by atoms with Gasteiger partial charge in [-0.15, -0.1) is 0 Å². The molecule has 1 aromatic heterocycles. The predicted molar refractivity (Wildman–Crippen MR) is 199 cm³/mol. The number of fused-ring (bicyclic) bond motifs is 1. The van der Waals surface area contributed by atoms with Crippen LogP contribution in [-0.4, -0.2) is 54.0 Å². The number of halogens is 2. The lowest BCUT2D eigenvalue weighted by Gasteiger charge is -2.40. The summed E-state index contributed by atoms with van der Waals surface area (Å²) < 4.78 is 16.6. The van der Waals surface area contributed by atoms with E-state index in [1.54, 1.807) is 17.2 Å². The Balaban J connectivity index is 1.39. The third-order valence-corrected chi connectivity index (χ3v) is 9.74. The highest BCUT2D eigenvalue weighted by molar-refractivity contribution is 6.42. The van der Waals surface area contributed by atoms with Crippen molar-refractivity contribution in [1.29, 1.82) is 0 Å². The minimum Gasteiger partial charge on any atom is -0.495 e. The number of ether oxygens (including phenoxy) is 3. The van der Waals surface area contributed by atoms with Gasteiger partial charge in [-0.25, -0.2) is 14.6 Å². The quantitative estimate of drug-likeness (QED) is 0.176. The Labute approximate surface area is 308 Å². The molecule has 11 nitrogen and oxygen atoms in total. The van der Waals surface area contributed by atoms with Crippen molar-refractivity contribution in [2.75, 3.05) is 29.3 Å². The van der Waals surface area contributed by atoms with Crippen molar-refractivity contribution in [2.24, 2.45) is 0 Å². The van der Waals surface area contributed by atoms with Crippen LogP contribution >= 0.6 is 23.2 Å². The minimum absolute atomic E-state index is 0.0457. The summed E-state index contributed by atoms with van der Waals surface area (Å²) in [5, 5.41) is 7.03. The fraction of sp³-hybridized carbons (Fsp3) is 0.368. The average Bonchev–Trinajstić information content (AvgIpc) is 3.11. The summed E-state index contributed by atoms with van der Waals surface area (Å²) in [4.78, 5) is 40.3. The molecule has 2 heterocycles. The lowest BCUT2D eigenvalue weighted by molar-refractivity contribution is 0.0485. The first-order valence-electron chi connectivity index (χ1n) is 16.9. The number of aromatic nitrogens is 2. The zero-order chi connectivity index (χ0) is 36.3. The molecule has 1 aliphatic carbocycles. The second-order valence-corrected chi connectivity index (χ2v) is 14.4. The average molecular weight is 734 g/mol. The molecule has 1 aliphatic heterocycles. The molecule has 4 aromatic rings. The van der Waals surface area contributed by atoms with Gasteiger partial charge in [0, 0.05) is 23.7 Å². The molecule has 2 N–H and O–H groups in total. The molecule has 3 aromatic carbocycles. The van der Waals surface area contributed by atoms with E-state index in [2.05, 4.69) is 22.8 Å². The number of hydrogen-bond donors (Lipinski definition) is 2. The molecule has 6 rings (SSSR count). The van der Waals surface area contributed by atoms with E-state index in [0.717, 1.165) is 30.4 Å². The first-order valence-corrected chi connectivity index (χ1v) is 17.6. The maximum Gasteiger partial charge on any atom is 0.407 e. The topological polar surface area (TPSA) is 118 Å². The number of nitrogens with zero attached hydrogens (tertiary/aromatic N) is 4. The molecule has 1 unspecified atom stereocenters. The highest BCUT2D eigenvalue weighted by atomic mass is 35.5. The van der Waals surface area contributed by atoms with Crippen molar-refractivity contribution in [2.45, 2.75) is 76.7 Å². The zero-order valence-corrected chi connectivity index (χ0v) is 30.8. The predicted octanol–water partition coefficient (Wildman–Crippen LogP) is 8.59. The van der Waals surface area contributed by atoms with Gasteiger partial charge in [0.1, 0.15) is 33.0 Å². The lowest BCUT2D eigenvalue weighted by Crippen LogP contribution is -2.53. The minimum atomic E-state index is -0.644. The van der Waals surface area contributed by atoms with Crippen molar-refractivity contribution in [3.05, 3.63) is 99.7 Å². The van der Waals surface area contributed by atoms with Crippen LogP contribution in [0.2, 0.25) is 10.0 Å². The molecule has 0 spiro atoms. The molecular formula is C38H42Cl2N6O5. The maximum atomic E-state index is 14.5. The van der Waals surface area contributed by atoms with Gasteiger partial charge in [-0.3, -0.25) is 9.80 Å². The van der Waals surface area contributed by atoms with Crippen molar-refractivity contribution in [1.82, 2.24) is 15.3 Å².